The van der Waals surface area contributed by atoms with Gasteiger partial charge in [0.15, 0.2) is 0 Å². The van der Waals surface area contributed by atoms with Crippen LogP contribution in [0.5, 0.6) is 0 Å². The van der Waals surface area contributed by atoms with Gasteiger partial charge in [0.25, 0.3) is 0 Å². The maximum Gasteiger partial charge on any atom is 0.305 e. The molecular weight excluding hydrogens is 743 g/mol. The van der Waals surface area contributed by atoms with Gasteiger partial charge in [-0.25, -0.2) is 0 Å². The highest BCUT2D eigenvalue weighted by molar-refractivity contribution is 5.76. The van der Waals surface area contributed by atoms with E-state index < -0.39 is 12.1 Å². The van der Waals surface area contributed by atoms with E-state index in [1.807, 2.05) is 0 Å². The molecule has 0 aliphatic rings. The topological polar surface area (TPSA) is 95.9 Å². The lowest BCUT2D eigenvalue weighted by Gasteiger charge is -2.22. The summed E-state index contributed by atoms with van der Waals surface area (Å²) in [4.78, 5) is 24.5. The molecule has 0 saturated heterocycles. The van der Waals surface area contributed by atoms with Gasteiger partial charge in [-0.1, -0.05) is 244 Å². The molecular formula is C54H105NO5. The quantitative estimate of drug-likeness (QED) is 0.0322. The Bertz CT molecular complexity index is 893. The minimum Gasteiger partial charge on any atom is -0.466 e. The second-order valence-electron chi connectivity index (χ2n) is 18.6. The van der Waals surface area contributed by atoms with Crippen molar-refractivity contribution in [1.29, 1.82) is 0 Å². The van der Waals surface area contributed by atoms with Gasteiger partial charge in [-0.3, -0.25) is 9.59 Å². The number of aliphatic hydroxyl groups excluding tert-OH is 2. The van der Waals surface area contributed by atoms with Crippen molar-refractivity contribution < 1.29 is 24.5 Å². The van der Waals surface area contributed by atoms with Crippen LogP contribution in [-0.2, 0) is 14.3 Å². The van der Waals surface area contributed by atoms with E-state index in [0.717, 1.165) is 70.6 Å². The summed E-state index contributed by atoms with van der Waals surface area (Å²) in [5.74, 6) is -0.0733. The third-order valence-corrected chi connectivity index (χ3v) is 12.6. The van der Waals surface area contributed by atoms with Gasteiger partial charge in [0.2, 0.25) is 5.91 Å². The fraction of sp³-hybridized carbons (Fsp3) is 0.926. The molecule has 0 fully saturated rings. The SMILES string of the molecule is CCCCCCCCCCCCCCCCCCCC(O)C(CO)NC(=O)CCCCC/C=C\CCCCCCCCOC(=O)CCCCCCCCCCCCCCC. The lowest BCUT2D eigenvalue weighted by Crippen LogP contribution is -2.45. The van der Waals surface area contributed by atoms with E-state index in [2.05, 4.69) is 31.3 Å². The largest absolute Gasteiger partial charge is 0.466 e. The number of amides is 1. The van der Waals surface area contributed by atoms with Crippen molar-refractivity contribution in [3.63, 3.8) is 0 Å². The number of carbonyl (C=O) groups is 2. The lowest BCUT2D eigenvalue weighted by atomic mass is 10.0. The van der Waals surface area contributed by atoms with Gasteiger partial charge in [0, 0.05) is 12.8 Å². The van der Waals surface area contributed by atoms with Crippen molar-refractivity contribution in [2.75, 3.05) is 13.2 Å². The molecule has 6 nitrogen and oxygen atoms in total. The maximum atomic E-state index is 12.5. The number of esters is 1. The summed E-state index contributed by atoms with van der Waals surface area (Å²) < 4.78 is 5.45. The summed E-state index contributed by atoms with van der Waals surface area (Å²) in [5, 5.41) is 23.2. The van der Waals surface area contributed by atoms with E-state index in [0.29, 0.717) is 25.9 Å². The van der Waals surface area contributed by atoms with E-state index in [9.17, 15) is 19.8 Å². The van der Waals surface area contributed by atoms with E-state index in [-0.39, 0.29) is 18.5 Å². The monoisotopic (exact) mass is 848 g/mol. The molecule has 1 amide bonds. The van der Waals surface area contributed by atoms with Crippen LogP contribution in [0.3, 0.4) is 0 Å². The van der Waals surface area contributed by atoms with Crippen molar-refractivity contribution in [2.45, 2.75) is 309 Å². The molecule has 0 aromatic heterocycles. The standard InChI is InChI=1S/C54H105NO5/c1-3-5-7-9-11-13-15-17-18-19-20-23-26-30-34-38-42-46-52(57)51(50-56)55-53(58)47-43-39-35-31-27-24-21-25-29-33-37-41-45-49-60-54(59)48-44-40-36-32-28-22-16-14-12-10-8-6-4-2/h24,27,51-52,56-57H,3-23,25-26,28-50H2,1-2H3,(H,55,58)/b27-24-. The average Bonchev–Trinajstić information content (AvgIpc) is 3.25. The zero-order valence-electron chi connectivity index (χ0n) is 40.5. The van der Waals surface area contributed by atoms with Crippen molar-refractivity contribution in [2.24, 2.45) is 0 Å². The van der Waals surface area contributed by atoms with Crippen LogP contribution in [0.2, 0.25) is 0 Å². The Balaban J connectivity index is 3.49. The molecule has 0 radical (unpaired) electrons. The van der Waals surface area contributed by atoms with Crippen LogP contribution in [0.1, 0.15) is 296 Å². The fourth-order valence-electron chi connectivity index (χ4n) is 8.40. The molecule has 0 rings (SSSR count). The van der Waals surface area contributed by atoms with Gasteiger partial charge in [-0.2, -0.15) is 0 Å². The third-order valence-electron chi connectivity index (χ3n) is 12.6. The molecule has 6 heteroatoms. The molecule has 0 bridgehead atoms. The molecule has 356 valence electrons. The van der Waals surface area contributed by atoms with Crippen LogP contribution in [0, 0.1) is 0 Å². The summed E-state index contributed by atoms with van der Waals surface area (Å²) in [5.41, 5.74) is 0. The Morgan fingerprint density at radius 3 is 1.20 bits per heavy atom. The van der Waals surface area contributed by atoms with Crippen LogP contribution in [0.4, 0.5) is 0 Å². The van der Waals surface area contributed by atoms with Crippen LogP contribution >= 0.6 is 0 Å². The molecule has 0 aliphatic heterocycles. The minimum atomic E-state index is -0.680. The number of rotatable bonds is 50. The van der Waals surface area contributed by atoms with E-state index in [4.69, 9.17) is 4.74 Å². The smallest absolute Gasteiger partial charge is 0.305 e. The molecule has 0 aliphatic carbocycles. The van der Waals surface area contributed by atoms with Crippen LogP contribution in [-0.4, -0.2) is 47.4 Å². The second-order valence-corrected chi connectivity index (χ2v) is 18.6. The van der Waals surface area contributed by atoms with Crippen molar-refractivity contribution >= 4 is 11.9 Å². The number of ether oxygens (including phenoxy) is 1. The normalized spacial score (nSPS) is 12.7. The van der Waals surface area contributed by atoms with Crippen LogP contribution < -0.4 is 5.32 Å². The molecule has 0 aromatic rings. The van der Waals surface area contributed by atoms with Gasteiger partial charge in [0.1, 0.15) is 0 Å². The first-order valence-corrected chi connectivity index (χ1v) is 26.9. The Labute approximate surface area is 374 Å². The summed E-state index contributed by atoms with van der Waals surface area (Å²) >= 11 is 0. The molecule has 0 saturated carbocycles. The Morgan fingerprint density at radius 2 is 0.783 bits per heavy atom. The van der Waals surface area contributed by atoms with Crippen molar-refractivity contribution in [3.8, 4) is 0 Å². The zero-order chi connectivity index (χ0) is 43.7. The first-order chi connectivity index (χ1) is 29.5. The maximum absolute atomic E-state index is 12.5. The summed E-state index contributed by atoms with van der Waals surface area (Å²) in [6.07, 6.45) is 57.6. The predicted octanol–water partition coefficient (Wildman–Crippen LogP) is 16.1. The highest BCUT2D eigenvalue weighted by Gasteiger charge is 2.20. The minimum absolute atomic E-state index is 0.0106. The zero-order valence-corrected chi connectivity index (χ0v) is 40.5. The molecule has 2 atom stereocenters. The molecule has 60 heavy (non-hydrogen) atoms. The van der Waals surface area contributed by atoms with E-state index in [1.54, 1.807) is 0 Å². The highest BCUT2D eigenvalue weighted by Crippen LogP contribution is 2.17. The fourth-order valence-corrected chi connectivity index (χ4v) is 8.40. The number of unbranched alkanes of at least 4 members (excludes halogenated alkanes) is 37. The second kappa shape index (κ2) is 50.2. The molecule has 0 aromatic carbocycles. The molecule has 3 N–H and O–H groups in total. The summed E-state index contributed by atoms with van der Waals surface area (Å²) in [6, 6.07) is -0.560. The number of carbonyl (C=O) groups excluding carboxylic acids is 2. The van der Waals surface area contributed by atoms with E-state index >= 15 is 0 Å². The number of nitrogens with one attached hydrogen (secondary N) is 1. The van der Waals surface area contributed by atoms with Gasteiger partial charge in [-0.05, 0) is 51.4 Å². The van der Waals surface area contributed by atoms with Crippen molar-refractivity contribution in [1.82, 2.24) is 5.32 Å². The first kappa shape index (κ1) is 58.6. The van der Waals surface area contributed by atoms with E-state index in [1.165, 1.54) is 193 Å². The van der Waals surface area contributed by atoms with Gasteiger partial charge < -0.3 is 20.3 Å². The summed E-state index contributed by atoms with van der Waals surface area (Å²) in [7, 11) is 0. The summed E-state index contributed by atoms with van der Waals surface area (Å²) in [6.45, 7) is 4.92. The van der Waals surface area contributed by atoms with Gasteiger partial charge in [-0.15, -0.1) is 0 Å². The first-order valence-electron chi connectivity index (χ1n) is 26.9. The highest BCUT2D eigenvalue weighted by atomic mass is 16.5. The molecule has 2 unspecified atom stereocenters. The number of hydrogen-bond acceptors (Lipinski definition) is 5. The number of aliphatic hydroxyl groups is 2. The Morgan fingerprint density at radius 1 is 0.450 bits per heavy atom. The average molecular weight is 848 g/mol. The lowest BCUT2D eigenvalue weighted by molar-refractivity contribution is -0.143. The molecule has 0 spiro atoms. The Hall–Kier alpha value is -1.40. The molecule has 0 heterocycles. The van der Waals surface area contributed by atoms with Crippen LogP contribution in [0.15, 0.2) is 12.2 Å². The third kappa shape index (κ3) is 46.1. The Kier molecular flexibility index (Phi) is 49.1. The number of allylic oxidation sites excluding steroid dienone is 2. The van der Waals surface area contributed by atoms with Crippen LogP contribution in [0.25, 0.3) is 0 Å². The van der Waals surface area contributed by atoms with Gasteiger partial charge in [0.05, 0.1) is 25.4 Å². The van der Waals surface area contributed by atoms with Crippen molar-refractivity contribution in [3.05, 3.63) is 12.2 Å². The van der Waals surface area contributed by atoms with Gasteiger partial charge >= 0.3 is 5.97 Å². The number of hydrogen-bond donors (Lipinski definition) is 3. The predicted molar refractivity (Wildman–Crippen MR) is 260 cm³/mol.